The Bertz CT molecular complexity index is 473. The number of unbranched alkanes of at least 4 members (excludes halogenated alkanes) is 13. The number of hydrogen-bond acceptors (Lipinski definition) is 6. The lowest BCUT2D eigenvalue weighted by atomic mass is 10.0. The van der Waals surface area contributed by atoms with Crippen LogP contribution in [0.4, 0.5) is 0 Å². The van der Waals surface area contributed by atoms with Crippen molar-refractivity contribution in [2.75, 3.05) is 31.3 Å². The third-order valence-electron chi connectivity index (χ3n) is 5.12. The number of carbonyl (C=O) groups excluding carboxylic acids is 1. The minimum absolute atomic E-state index is 0.248. The molecule has 1 unspecified atom stereocenters. The van der Waals surface area contributed by atoms with E-state index in [1.807, 2.05) is 0 Å². The summed E-state index contributed by atoms with van der Waals surface area (Å²) in [4.78, 5) is 29.2. The number of carbonyl (C=O) groups is 1. The van der Waals surface area contributed by atoms with Gasteiger partial charge in [0.1, 0.15) is 6.61 Å². The first-order valence-corrected chi connectivity index (χ1v) is 15.1. The number of ether oxygens (including phenoxy) is 2. The maximum atomic E-state index is 11.4. The normalized spacial score (nSPS) is 12.8. The molecule has 0 aromatic carbocycles. The molecule has 7 nitrogen and oxygen atoms in total. The molecule has 0 spiro atoms. The largest absolute Gasteiger partial charge is 0.469 e. The first-order chi connectivity index (χ1) is 15.4. The van der Waals surface area contributed by atoms with Crippen molar-refractivity contribution in [2.24, 2.45) is 0 Å². The van der Waals surface area contributed by atoms with Crippen molar-refractivity contribution in [2.45, 2.75) is 110 Å². The summed E-state index contributed by atoms with van der Waals surface area (Å²) < 4.78 is 25.7. The Morgan fingerprint density at radius 1 is 0.844 bits per heavy atom. The molecule has 0 fully saturated rings. The van der Waals surface area contributed by atoms with Gasteiger partial charge in [-0.15, -0.1) is 0 Å². The second-order valence-electron chi connectivity index (χ2n) is 8.20. The highest BCUT2D eigenvalue weighted by Crippen LogP contribution is 2.36. The summed E-state index contributed by atoms with van der Waals surface area (Å²) in [6.07, 6.45) is 18.0. The minimum atomic E-state index is -4.56. The van der Waals surface area contributed by atoms with Gasteiger partial charge in [0.05, 0.1) is 19.3 Å². The van der Waals surface area contributed by atoms with E-state index in [1.165, 1.54) is 83.5 Å². The Morgan fingerprint density at radius 3 is 1.81 bits per heavy atom. The van der Waals surface area contributed by atoms with Crippen LogP contribution in [0.3, 0.4) is 0 Å². The second kappa shape index (κ2) is 22.7. The molecule has 0 aromatic heterocycles. The fraction of sp³-hybridized carbons (Fsp3) is 0.957. The number of esters is 1. The predicted molar refractivity (Wildman–Crippen MR) is 132 cm³/mol. The zero-order valence-corrected chi connectivity index (χ0v) is 22.0. The summed E-state index contributed by atoms with van der Waals surface area (Å²) in [6, 6.07) is 0. The van der Waals surface area contributed by atoms with Gasteiger partial charge < -0.3 is 19.3 Å². The minimum Gasteiger partial charge on any atom is -0.464 e. The molecule has 9 heteroatoms. The lowest BCUT2D eigenvalue weighted by Crippen LogP contribution is -2.26. The lowest BCUT2D eigenvalue weighted by Gasteiger charge is -2.17. The van der Waals surface area contributed by atoms with Crippen molar-refractivity contribution in [1.29, 1.82) is 0 Å². The van der Waals surface area contributed by atoms with E-state index >= 15 is 0 Å². The molecule has 0 saturated heterocycles. The fourth-order valence-electron chi connectivity index (χ4n) is 3.33. The van der Waals surface area contributed by atoms with Gasteiger partial charge in [-0.2, -0.15) is 11.8 Å². The van der Waals surface area contributed by atoms with Crippen LogP contribution >= 0.6 is 19.6 Å². The molecule has 0 rings (SSSR count). The molecule has 0 amide bonds. The van der Waals surface area contributed by atoms with E-state index in [9.17, 15) is 9.36 Å². The van der Waals surface area contributed by atoms with Crippen molar-refractivity contribution in [1.82, 2.24) is 0 Å². The third-order valence-corrected chi connectivity index (χ3v) is 6.79. The van der Waals surface area contributed by atoms with Crippen LogP contribution in [0.2, 0.25) is 0 Å². The number of hydrogen-bond donors (Lipinski definition) is 2. The van der Waals surface area contributed by atoms with Crippen molar-refractivity contribution >= 4 is 25.6 Å². The fourth-order valence-corrected chi connectivity index (χ4v) is 4.72. The summed E-state index contributed by atoms with van der Waals surface area (Å²) in [6.45, 7) is 3.73. The van der Waals surface area contributed by atoms with Gasteiger partial charge in [0.25, 0.3) is 0 Å². The molecule has 2 N–H and O–H groups in total. The van der Waals surface area contributed by atoms with Crippen molar-refractivity contribution < 1.29 is 33.1 Å². The molecule has 0 radical (unpaired) electrons. The number of rotatable bonds is 24. The molecule has 0 bridgehead atoms. The quantitative estimate of drug-likeness (QED) is 0.0913. The third kappa shape index (κ3) is 24.5. The number of phosphoric ester groups is 1. The topological polar surface area (TPSA) is 102 Å². The SMILES string of the molecule is CCCCCCCCCCCCCCCCSCC(COP(=O)(O)O)OCC(=O)OCC. The van der Waals surface area contributed by atoms with Crippen LogP contribution in [0.1, 0.15) is 104 Å². The van der Waals surface area contributed by atoms with Gasteiger partial charge in [0, 0.05) is 5.75 Å². The van der Waals surface area contributed by atoms with Gasteiger partial charge in [-0.25, -0.2) is 9.36 Å². The van der Waals surface area contributed by atoms with Gasteiger partial charge in [-0.05, 0) is 19.1 Å². The van der Waals surface area contributed by atoms with Gasteiger partial charge in [0.2, 0.25) is 0 Å². The Balaban J connectivity index is 3.64. The van der Waals surface area contributed by atoms with E-state index in [0.29, 0.717) is 5.75 Å². The Kier molecular flexibility index (Phi) is 22.6. The van der Waals surface area contributed by atoms with E-state index in [4.69, 9.17) is 19.3 Å². The molecule has 0 aliphatic rings. The average molecular weight is 499 g/mol. The van der Waals surface area contributed by atoms with Crippen LogP contribution in [0.5, 0.6) is 0 Å². The standard InChI is InChI=1S/C23H47O7PS/c1-3-5-6-7-8-9-10-11-12-13-14-15-16-17-18-32-21-22(19-30-31(25,26)27)29-20-23(24)28-4-2/h22H,3-21H2,1-2H3,(H2,25,26,27). The second-order valence-corrected chi connectivity index (χ2v) is 10.6. The van der Waals surface area contributed by atoms with Crippen LogP contribution < -0.4 is 0 Å². The molecular formula is C23H47O7PS. The summed E-state index contributed by atoms with van der Waals surface area (Å²) in [7, 11) is -4.56. The van der Waals surface area contributed by atoms with E-state index < -0.39 is 19.9 Å². The molecular weight excluding hydrogens is 451 g/mol. The Hall–Kier alpha value is -0.110. The maximum Gasteiger partial charge on any atom is 0.469 e. The summed E-state index contributed by atoms with van der Waals surface area (Å²) in [5, 5.41) is 0. The highest BCUT2D eigenvalue weighted by atomic mass is 32.2. The summed E-state index contributed by atoms with van der Waals surface area (Å²) in [5.74, 6) is 0.969. The molecule has 0 aromatic rings. The van der Waals surface area contributed by atoms with Gasteiger partial charge in [0.15, 0.2) is 0 Å². The Morgan fingerprint density at radius 2 is 1.34 bits per heavy atom. The zero-order valence-electron chi connectivity index (χ0n) is 20.3. The van der Waals surface area contributed by atoms with Crippen LogP contribution in [0.15, 0.2) is 0 Å². The molecule has 32 heavy (non-hydrogen) atoms. The van der Waals surface area contributed by atoms with E-state index in [2.05, 4.69) is 11.4 Å². The van der Waals surface area contributed by atoms with Crippen LogP contribution in [-0.4, -0.2) is 53.2 Å². The average Bonchev–Trinajstić information content (AvgIpc) is 2.74. The molecule has 0 saturated carbocycles. The molecule has 0 aliphatic carbocycles. The highest BCUT2D eigenvalue weighted by Gasteiger charge is 2.20. The Labute approximate surface area is 200 Å². The maximum absolute atomic E-state index is 11.4. The van der Waals surface area contributed by atoms with E-state index in [-0.39, 0.29) is 19.8 Å². The first-order valence-electron chi connectivity index (χ1n) is 12.4. The molecule has 1 atom stereocenters. The molecule has 0 aliphatic heterocycles. The van der Waals surface area contributed by atoms with Gasteiger partial charge in [-0.1, -0.05) is 90.4 Å². The predicted octanol–water partition coefficient (Wildman–Crippen LogP) is 6.26. The van der Waals surface area contributed by atoms with Crippen molar-refractivity contribution in [3.8, 4) is 0 Å². The van der Waals surface area contributed by atoms with E-state index in [1.54, 1.807) is 18.7 Å². The number of thioether (sulfide) groups is 1. The number of phosphoric acid groups is 1. The highest BCUT2D eigenvalue weighted by molar-refractivity contribution is 7.99. The van der Waals surface area contributed by atoms with Gasteiger partial charge in [-0.3, -0.25) is 4.52 Å². The smallest absolute Gasteiger partial charge is 0.464 e. The lowest BCUT2D eigenvalue weighted by molar-refractivity contribution is -0.150. The van der Waals surface area contributed by atoms with Crippen molar-refractivity contribution in [3.63, 3.8) is 0 Å². The monoisotopic (exact) mass is 498 g/mol. The van der Waals surface area contributed by atoms with Crippen molar-refractivity contribution in [3.05, 3.63) is 0 Å². The van der Waals surface area contributed by atoms with Gasteiger partial charge >= 0.3 is 13.8 Å². The molecule has 192 valence electrons. The first kappa shape index (κ1) is 31.9. The summed E-state index contributed by atoms with van der Waals surface area (Å²) in [5.41, 5.74) is 0. The summed E-state index contributed by atoms with van der Waals surface area (Å²) >= 11 is 1.65. The van der Waals surface area contributed by atoms with Crippen LogP contribution in [0.25, 0.3) is 0 Å². The zero-order chi connectivity index (χ0) is 23.9. The van der Waals surface area contributed by atoms with E-state index in [0.717, 1.165) is 12.2 Å². The van der Waals surface area contributed by atoms with Crippen LogP contribution in [-0.2, 0) is 23.4 Å². The van der Waals surface area contributed by atoms with Crippen LogP contribution in [0, 0.1) is 0 Å². The molecule has 0 heterocycles.